The molecule has 19 heavy (non-hydrogen) atoms. The Hall–Kier alpha value is -2.38. The molecule has 100 valence electrons. The van der Waals surface area contributed by atoms with Gasteiger partial charge in [0.2, 0.25) is 0 Å². The number of pyridine rings is 1. The first-order valence-corrected chi connectivity index (χ1v) is 5.22. The molecule has 0 fully saturated rings. The number of anilines is 1. The highest BCUT2D eigenvalue weighted by atomic mass is 19.4. The van der Waals surface area contributed by atoms with E-state index in [2.05, 4.69) is 20.5 Å². The van der Waals surface area contributed by atoms with Crippen molar-refractivity contribution in [3.8, 4) is 0 Å². The third-order valence-electron chi connectivity index (χ3n) is 2.38. The maximum Gasteiger partial charge on any atom is 0.433 e. The summed E-state index contributed by atoms with van der Waals surface area (Å²) in [6.07, 6.45) is -2.13. The maximum absolute atomic E-state index is 12.3. The Morgan fingerprint density at radius 3 is 2.53 bits per heavy atom. The molecule has 0 atom stereocenters. The molecule has 0 unspecified atom stereocenters. The lowest BCUT2D eigenvalue weighted by Crippen LogP contribution is -2.15. The molecule has 0 bridgehead atoms. The van der Waals surface area contributed by atoms with Crippen molar-refractivity contribution in [1.29, 1.82) is 0 Å². The Labute approximate surface area is 105 Å². The molecule has 0 aliphatic heterocycles. The van der Waals surface area contributed by atoms with Crippen LogP contribution in [0, 0.1) is 6.92 Å². The summed E-state index contributed by atoms with van der Waals surface area (Å²) in [5.74, 6) is -0.168. The number of hydrogen-bond acceptors (Lipinski definition) is 3. The largest absolute Gasteiger partial charge is 0.433 e. The number of H-pyrrole nitrogens is 1. The fourth-order valence-corrected chi connectivity index (χ4v) is 1.35. The highest BCUT2D eigenvalue weighted by Crippen LogP contribution is 2.27. The van der Waals surface area contributed by atoms with Crippen LogP contribution >= 0.6 is 0 Å². The van der Waals surface area contributed by atoms with Gasteiger partial charge >= 0.3 is 6.18 Å². The standard InChI is InChI=1S/C11H9F3N4O/c1-6-4-16-18-9(6)17-10(19)7-2-3-8(15-5-7)11(12,13)14/h2-5H,1H3,(H2,16,17,18,19). The van der Waals surface area contributed by atoms with E-state index in [1.807, 2.05) is 0 Å². The smallest absolute Gasteiger partial charge is 0.307 e. The third-order valence-corrected chi connectivity index (χ3v) is 2.38. The Balaban J connectivity index is 2.14. The van der Waals surface area contributed by atoms with Gasteiger partial charge in [0.25, 0.3) is 5.91 Å². The fraction of sp³-hybridized carbons (Fsp3) is 0.182. The van der Waals surface area contributed by atoms with Crippen molar-refractivity contribution in [2.24, 2.45) is 0 Å². The molecule has 2 rings (SSSR count). The van der Waals surface area contributed by atoms with Crippen LogP contribution in [-0.4, -0.2) is 21.1 Å². The van der Waals surface area contributed by atoms with Crippen molar-refractivity contribution in [1.82, 2.24) is 15.2 Å². The fourth-order valence-electron chi connectivity index (χ4n) is 1.35. The van der Waals surface area contributed by atoms with E-state index < -0.39 is 17.8 Å². The summed E-state index contributed by atoms with van der Waals surface area (Å²) in [6, 6.07) is 1.82. The number of rotatable bonds is 2. The van der Waals surface area contributed by atoms with Crippen LogP contribution in [0.25, 0.3) is 0 Å². The summed E-state index contributed by atoms with van der Waals surface area (Å²) in [7, 11) is 0. The molecule has 0 aliphatic carbocycles. The van der Waals surface area contributed by atoms with E-state index in [1.54, 1.807) is 6.92 Å². The van der Waals surface area contributed by atoms with Crippen molar-refractivity contribution in [2.75, 3.05) is 5.32 Å². The number of aryl methyl sites for hydroxylation is 1. The van der Waals surface area contributed by atoms with E-state index in [0.29, 0.717) is 11.4 Å². The lowest BCUT2D eigenvalue weighted by atomic mass is 10.2. The van der Waals surface area contributed by atoms with Crippen LogP contribution in [0.3, 0.4) is 0 Å². The molecule has 1 amide bonds. The summed E-state index contributed by atoms with van der Waals surface area (Å²) in [6.45, 7) is 1.73. The molecule has 2 N–H and O–H groups in total. The molecule has 0 saturated carbocycles. The minimum atomic E-state index is -4.52. The number of nitrogens with zero attached hydrogens (tertiary/aromatic N) is 2. The average molecular weight is 270 g/mol. The third kappa shape index (κ3) is 2.90. The number of aromatic amines is 1. The first kappa shape index (κ1) is 13.1. The zero-order valence-electron chi connectivity index (χ0n) is 9.75. The predicted molar refractivity (Wildman–Crippen MR) is 60.5 cm³/mol. The van der Waals surface area contributed by atoms with Crippen molar-refractivity contribution in [3.63, 3.8) is 0 Å². The lowest BCUT2D eigenvalue weighted by molar-refractivity contribution is -0.141. The number of hydrogen-bond donors (Lipinski definition) is 2. The molecule has 2 heterocycles. The van der Waals surface area contributed by atoms with E-state index in [4.69, 9.17) is 0 Å². The van der Waals surface area contributed by atoms with Gasteiger partial charge in [0.1, 0.15) is 11.5 Å². The van der Waals surface area contributed by atoms with Crippen molar-refractivity contribution in [3.05, 3.63) is 41.3 Å². The number of nitrogens with one attached hydrogen (secondary N) is 2. The van der Waals surface area contributed by atoms with Gasteiger partial charge in [0.05, 0.1) is 11.8 Å². The molecule has 0 radical (unpaired) electrons. The Morgan fingerprint density at radius 1 is 1.32 bits per heavy atom. The summed E-state index contributed by atoms with van der Waals surface area (Å²) in [5.41, 5.74) is -0.294. The molecule has 2 aromatic rings. The zero-order valence-corrected chi connectivity index (χ0v) is 9.75. The van der Waals surface area contributed by atoms with Crippen LogP contribution in [0.2, 0.25) is 0 Å². The van der Waals surface area contributed by atoms with E-state index in [0.717, 1.165) is 18.3 Å². The van der Waals surface area contributed by atoms with Gasteiger partial charge in [-0.05, 0) is 19.1 Å². The molecular formula is C11H9F3N4O. The van der Waals surface area contributed by atoms with E-state index in [9.17, 15) is 18.0 Å². The number of halogens is 3. The van der Waals surface area contributed by atoms with Crippen LogP contribution in [0.1, 0.15) is 21.6 Å². The second-order valence-electron chi connectivity index (χ2n) is 3.81. The number of carbonyl (C=O) groups is 1. The molecule has 5 nitrogen and oxygen atoms in total. The van der Waals surface area contributed by atoms with E-state index >= 15 is 0 Å². The molecule has 0 aliphatic rings. The molecule has 0 saturated heterocycles. The normalized spacial score (nSPS) is 11.4. The van der Waals surface area contributed by atoms with Crippen LogP contribution in [0.15, 0.2) is 24.5 Å². The van der Waals surface area contributed by atoms with Crippen molar-refractivity contribution in [2.45, 2.75) is 13.1 Å². The van der Waals surface area contributed by atoms with E-state index in [1.165, 1.54) is 6.20 Å². The van der Waals surface area contributed by atoms with Gasteiger partial charge in [-0.3, -0.25) is 14.9 Å². The van der Waals surface area contributed by atoms with Crippen LogP contribution in [0.4, 0.5) is 19.0 Å². The number of carbonyl (C=O) groups excluding carboxylic acids is 1. The van der Waals surface area contributed by atoms with Gasteiger partial charge in [-0.15, -0.1) is 0 Å². The van der Waals surface area contributed by atoms with Crippen LogP contribution in [0.5, 0.6) is 0 Å². The first-order chi connectivity index (χ1) is 8.88. The lowest BCUT2D eigenvalue weighted by Gasteiger charge is -2.07. The average Bonchev–Trinajstić information content (AvgIpc) is 2.74. The minimum Gasteiger partial charge on any atom is -0.307 e. The predicted octanol–water partition coefficient (Wildman–Crippen LogP) is 2.38. The minimum absolute atomic E-state index is 0.0296. The van der Waals surface area contributed by atoms with Crippen LogP contribution in [-0.2, 0) is 6.18 Å². The van der Waals surface area contributed by atoms with Gasteiger partial charge < -0.3 is 5.32 Å². The Morgan fingerprint density at radius 2 is 2.05 bits per heavy atom. The summed E-state index contributed by atoms with van der Waals surface area (Å²) < 4.78 is 36.9. The second-order valence-corrected chi connectivity index (χ2v) is 3.81. The van der Waals surface area contributed by atoms with Crippen molar-refractivity contribution < 1.29 is 18.0 Å². The highest BCUT2D eigenvalue weighted by Gasteiger charge is 2.32. The van der Waals surface area contributed by atoms with Crippen LogP contribution < -0.4 is 5.32 Å². The first-order valence-electron chi connectivity index (χ1n) is 5.22. The maximum atomic E-state index is 12.3. The zero-order chi connectivity index (χ0) is 14.0. The second kappa shape index (κ2) is 4.71. The number of amides is 1. The molecule has 8 heteroatoms. The summed E-state index contributed by atoms with van der Waals surface area (Å²) >= 11 is 0. The number of aromatic nitrogens is 3. The quantitative estimate of drug-likeness (QED) is 0.880. The molecule has 2 aromatic heterocycles. The Bertz CT molecular complexity index is 589. The van der Waals surface area contributed by atoms with Gasteiger partial charge in [-0.2, -0.15) is 18.3 Å². The molecule has 0 spiro atoms. The summed E-state index contributed by atoms with van der Waals surface area (Å²) in [5, 5.41) is 8.76. The monoisotopic (exact) mass is 270 g/mol. The number of alkyl halides is 3. The van der Waals surface area contributed by atoms with Gasteiger partial charge in [-0.1, -0.05) is 0 Å². The van der Waals surface area contributed by atoms with Gasteiger partial charge in [0, 0.05) is 11.8 Å². The van der Waals surface area contributed by atoms with E-state index in [-0.39, 0.29) is 5.56 Å². The van der Waals surface area contributed by atoms with Gasteiger partial charge in [-0.25, -0.2) is 0 Å². The SMILES string of the molecule is Cc1cn[nH]c1NC(=O)c1ccc(C(F)(F)F)nc1. The highest BCUT2D eigenvalue weighted by molar-refractivity contribution is 6.03. The topological polar surface area (TPSA) is 70.7 Å². The Kier molecular flexibility index (Phi) is 3.24. The molecular weight excluding hydrogens is 261 g/mol. The molecule has 0 aromatic carbocycles. The van der Waals surface area contributed by atoms with Gasteiger partial charge in [0.15, 0.2) is 0 Å². The summed E-state index contributed by atoms with van der Waals surface area (Å²) in [4.78, 5) is 15.0. The van der Waals surface area contributed by atoms with Crippen molar-refractivity contribution >= 4 is 11.7 Å².